The van der Waals surface area contributed by atoms with Crippen molar-refractivity contribution in [1.29, 1.82) is 0 Å². The van der Waals surface area contributed by atoms with Crippen molar-refractivity contribution in [3.63, 3.8) is 0 Å². The van der Waals surface area contributed by atoms with Crippen molar-refractivity contribution in [2.45, 2.75) is 6.54 Å². The van der Waals surface area contributed by atoms with E-state index in [1.165, 1.54) is 35.0 Å². The first-order chi connectivity index (χ1) is 16.4. The molecule has 0 unspecified atom stereocenters. The third-order valence-corrected chi connectivity index (χ3v) is 5.92. The first kappa shape index (κ1) is 23.0. The van der Waals surface area contributed by atoms with Crippen LogP contribution in [-0.4, -0.2) is 41.2 Å². The van der Waals surface area contributed by atoms with E-state index in [0.29, 0.717) is 21.4 Å². The second-order valence-corrected chi connectivity index (χ2v) is 8.56. The molecule has 4 rings (SSSR count). The predicted molar refractivity (Wildman–Crippen MR) is 134 cm³/mol. The Balaban J connectivity index is 1.60. The molecule has 0 bridgehead atoms. The maximum Gasteiger partial charge on any atom is 0.270 e. The Morgan fingerprint density at radius 1 is 1.12 bits per heavy atom. The summed E-state index contributed by atoms with van der Waals surface area (Å²) in [7, 11) is 3.93. The van der Waals surface area contributed by atoms with Crippen molar-refractivity contribution in [2.24, 2.45) is 10.2 Å². The quantitative estimate of drug-likeness (QED) is 0.211. The van der Waals surface area contributed by atoms with Crippen molar-refractivity contribution in [1.82, 2.24) is 4.90 Å². The monoisotopic (exact) mass is 475 g/mol. The van der Waals surface area contributed by atoms with E-state index < -0.39 is 4.92 Å². The molecule has 1 aliphatic heterocycles. The third kappa shape index (κ3) is 5.41. The van der Waals surface area contributed by atoms with Crippen molar-refractivity contribution in [2.75, 3.05) is 19.0 Å². The fraction of sp³-hybridized carbons (Fsp3) is 0.125. The third-order valence-electron chi connectivity index (χ3n) is 4.92. The summed E-state index contributed by atoms with van der Waals surface area (Å²) in [5.41, 5.74) is 2.44. The van der Waals surface area contributed by atoms with Crippen LogP contribution in [0.1, 0.15) is 16.9 Å². The van der Waals surface area contributed by atoms with Gasteiger partial charge in [0, 0.05) is 37.5 Å². The molecular formula is C24H21N5O4S. The van der Waals surface area contributed by atoms with Crippen LogP contribution in [0.25, 0.3) is 6.08 Å². The zero-order valence-electron chi connectivity index (χ0n) is 18.5. The summed E-state index contributed by atoms with van der Waals surface area (Å²) in [5, 5.41) is 19.7. The van der Waals surface area contributed by atoms with E-state index in [2.05, 4.69) is 10.2 Å². The molecule has 1 saturated heterocycles. The van der Waals surface area contributed by atoms with Gasteiger partial charge in [-0.15, -0.1) is 5.10 Å². The molecule has 0 atom stereocenters. The second-order valence-electron chi connectivity index (χ2n) is 7.55. The maximum atomic E-state index is 13.2. The number of anilines is 1. The van der Waals surface area contributed by atoms with E-state index in [4.69, 9.17) is 4.42 Å². The van der Waals surface area contributed by atoms with Crippen LogP contribution < -0.4 is 4.90 Å². The zero-order chi connectivity index (χ0) is 24.1. The second kappa shape index (κ2) is 10.2. The topological polar surface area (TPSA) is 105 Å². The Hall–Kier alpha value is -4.18. The molecule has 0 aliphatic carbocycles. The van der Waals surface area contributed by atoms with Crippen LogP contribution in [0.3, 0.4) is 0 Å². The highest BCUT2D eigenvalue weighted by atomic mass is 32.2. The lowest BCUT2D eigenvalue weighted by Crippen LogP contribution is -2.28. The lowest BCUT2D eigenvalue weighted by molar-refractivity contribution is -0.384. The Morgan fingerprint density at radius 2 is 1.91 bits per heavy atom. The van der Waals surface area contributed by atoms with Crippen molar-refractivity contribution >= 4 is 46.5 Å². The van der Waals surface area contributed by atoms with E-state index >= 15 is 0 Å². The SMILES string of the molecule is CN(C)c1ccc(/C=C2\S/C(=N\N=C\c3cccc([N+](=O)[O-])c3)N(Cc3ccco3)C2=O)cc1. The highest BCUT2D eigenvalue weighted by Crippen LogP contribution is 2.34. The van der Waals surface area contributed by atoms with Gasteiger partial charge in [-0.05, 0) is 47.7 Å². The minimum Gasteiger partial charge on any atom is -0.467 e. The van der Waals surface area contributed by atoms with E-state index in [9.17, 15) is 14.9 Å². The summed E-state index contributed by atoms with van der Waals surface area (Å²) in [6.07, 6.45) is 4.77. The van der Waals surface area contributed by atoms with E-state index in [0.717, 1.165) is 11.3 Å². The minimum absolute atomic E-state index is 0.0352. The number of thioether (sulfide) groups is 1. The fourth-order valence-electron chi connectivity index (χ4n) is 3.16. The molecule has 0 radical (unpaired) electrons. The number of rotatable bonds is 7. The van der Waals surface area contributed by atoms with Crippen LogP contribution in [0.2, 0.25) is 0 Å². The summed E-state index contributed by atoms with van der Waals surface area (Å²) >= 11 is 1.21. The number of carbonyl (C=O) groups excluding carboxylic acids is 1. The molecule has 2 heterocycles. The zero-order valence-corrected chi connectivity index (χ0v) is 19.3. The van der Waals surface area contributed by atoms with Crippen LogP contribution in [-0.2, 0) is 11.3 Å². The van der Waals surface area contributed by atoms with Crippen LogP contribution >= 0.6 is 11.8 Å². The van der Waals surface area contributed by atoms with Crippen LogP contribution in [0.15, 0.2) is 86.5 Å². The molecule has 34 heavy (non-hydrogen) atoms. The van der Waals surface area contributed by atoms with Crippen LogP contribution in [0, 0.1) is 10.1 Å². The number of hydrogen-bond acceptors (Lipinski definition) is 8. The highest BCUT2D eigenvalue weighted by molar-refractivity contribution is 8.18. The van der Waals surface area contributed by atoms with E-state index in [1.54, 1.807) is 30.5 Å². The number of hydrogen-bond donors (Lipinski definition) is 0. The number of furan rings is 1. The lowest BCUT2D eigenvalue weighted by Gasteiger charge is -2.12. The average Bonchev–Trinajstić information content (AvgIpc) is 3.44. The van der Waals surface area contributed by atoms with Gasteiger partial charge in [0.2, 0.25) is 0 Å². The normalized spacial score (nSPS) is 16.2. The molecule has 1 amide bonds. The molecule has 2 aromatic carbocycles. The molecule has 1 fully saturated rings. The molecule has 1 aromatic heterocycles. The highest BCUT2D eigenvalue weighted by Gasteiger charge is 2.34. The molecule has 172 valence electrons. The molecule has 0 spiro atoms. The van der Waals surface area contributed by atoms with Gasteiger partial charge in [0.1, 0.15) is 5.76 Å². The van der Waals surface area contributed by atoms with Crippen LogP contribution in [0.5, 0.6) is 0 Å². The van der Waals surface area contributed by atoms with Gasteiger partial charge < -0.3 is 9.32 Å². The number of amidine groups is 1. The van der Waals surface area contributed by atoms with Crippen molar-refractivity contribution in [3.8, 4) is 0 Å². The predicted octanol–water partition coefficient (Wildman–Crippen LogP) is 4.76. The van der Waals surface area contributed by atoms with E-state index in [1.807, 2.05) is 49.3 Å². The maximum absolute atomic E-state index is 13.2. The molecule has 1 aliphatic rings. The van der Waals surface area contributed by atoms with Gasteiger partial charge >= 0.3 is 0 Å². The van der Waals surface area contributed by atoms with Crippen molar-refractivity contribution < 1.29 is 14.1 Å². The first-order valence-electron chi connectivity index (χ1n) is 10.3. The molecular weight excluding hydrogens is 454 g/mol. The number of nitrogens with zero attached hydrogens (tertiary/aromatic N) is 5. The summed E-state index contributed by atoms with van der Waals surface area (Å²) < 4.78 is 5.41. The standard InChI is InChI=1S/C24H21N5O4S/c1-27(2)19-10-8-17(9-11-19)14-22-23(30)28(16-21-7-4-12-33-21)24(34-22)26-25-15-18-5-3-6-20(13-18)29(31)32/h3-15H,16H2,1-2H3/b22-14-,25-15+,26-24-. The summed E-state index contributed by atoms with van der Waals surface area (Å²) in [6, 6.07) is 17.5. The Morgan fingerprint density at radius 3 is 2.59 bits per heavy atom. The minimum atomic E-state index is -0.470. The van der Waals surface area contributed by atoms with Gasteiger partial charge in [-0.3, -0.25) is 19.8 Å². The summed E-state index contributed by atoms with van der Waals surface area (Å²) in [6.45, 7) is 0.209. The summed E-state index contributed by atoms with van der Waals surface area (Å²) in [5.74, 6) is 0.406. The largest absolute Gasteiger partial charge is 0.467 e. The van der Waals surface area contributed by atoms with Gasteiger partial charge in [-0.2, -0.15) is 5.10 Å². The molecule has 0 saturated carbocycles. The fourth-order valence-corrected chi connectivity index (χ4v) is 4.10. The van der Waals surface area contributed by atoms with Gasteiger partial charge in [-0.25, -0.2) is 0 Å². The Labute approximate surface area is 200 Å². The number of amides is 1. The number of benzene rings is 2. The number of carbonyl (C=O) groups is 1. The molecule has 9 nitrogen and oxygen atoms in total. The van der Waals surface area contributed by atoms with E-state index in [-0.39, 0.29) is 18.1 Å². The lowest BCUT2D eigenvalue weighted by atomic mass is 10.2. The van der Waals surface area contributed by atoms with Gasteiger partial charge in [-0.1, -0.05) is 24.3 Å². The van der Waals surface area contributed by atoms with Crippen molar-refractivity contribution in [3.05, 3.63) is 98.8 Å². The van der Waals surface area contributed by atoms with Crippen LogP contribution in [0.4, 0.5) is 11.4 Å². The van der Waals surface area contributed by atoms with Gasteiger partial charge in [0.15, 0.2) is 5.17 Å². The molecule has 3 aromatic rings. The number of non-ortho nitro benzene ring substituents is 1. The van der Waals surface area contributed by atoms with Gasteiger partial charge in [0.05, 0.1) is 28.9 Å². The van der Waals surface area contributed by atoms with Gasteiger partial charge in [0.25, 0.3) is 11.6 Å². The average molecular weight is 476 g/mol. The Kier molecular flexibility index (Phi) is 6.88. The first-order valence-corrected chi connectivity index (χ1v) is 11.1. The summed E-state index contributed by atoms with van der Waals surface area (Å²) in [4.78, 5) is 27.7. The number of nitro groups is 1. The molecule has 0 N–H and O–H groups in total. The number of nitro benzene ring substituents is 1. The smallest absolute Gasteiger partial charge is 0.270 e. The molecule has 10 heteroatoms. The Bertz CT molecular complexity index is 1280.